The van der Waals surface area contributed by atoms with E-state index in [4.69, 9.17) is 14.2 Å². The second kappa shape index (κ2) is 10.5. The van der Waals surface area contributed by atoms with Crippen LogP contribution in [0.25, 0.3) is 0 Å². The Morgan fingerprint density at radius 1 is 1.08 bits per heavy atom. The van der Waals surface area contributed by atoms with Gasteiger partial charge in [0.1, 0.15) is 11.5 Å². The molecule has 0 aliphatic carbocycles. The van der Waals surface area contributed by atoms with Gasteiger partial charge >= 0.3 is 5.97 Å². The Labute approximate surface area is 143 Å². The first kappa shape index (κ1) is 19.8. The van der Waals surface area contributed by atoms with Gasteiger partial charge in [0.15, 0.2) is 0 Å². The molecule has 134 valence electrons. The topological polar surface area (TPSA) is 65.1 Å². The summed E-state index contributed by atoms with van der Waals surface area (Å²) in [5, 5.41) is 0. The predicted molar refractivity (Wildman–Crippen MR) is 91.4 cm³/mol. The number of carbonyl (C=O) groups excluding carboxylic acids is 2. The fourth-order valence-corrected chi connectivity index (χ4v) is 2.36. The third-order valence-electron chi connectivity index (χ3n) is 3.57. The first-order chi connectivity index (χ1) is 11.5. The van der Waals surface area contributed by atoms with Gasteiger partial charge in [-0.3, -0.25) is 9.59 Å². The van der Waals surface area contributed by atoms with Gasteiger partial charge < -0.3 is 19.1 Å². The monoisotopic (exact) mass is 337 g/mol. The zero-order valence-electron chi connectivity index (χ0n) is 15.0. The quantitative estimate of drug-likeness (QED) is 0.614. The van der Waals surface area contributed by atoms with Gasteiger partial charge in [0, 0.05) is 24.7 Å². The molecule has 0 aliphatic heterocycles. The molecule has 0 bridgehead atoms. The second-order valence-corrected chi connectivity index (χ2v) is 5.29. The van der Waals surface area contributed by atoms with Crippen molar-refractivity contribution in [3.05, 3.63) is 23.8 Å². The van der Waals surface area contributed by atoms with Crippen LogP contribution in [0, 0.1) is 0 Å². The number of benzene rings is 1. The standard InChI is InChI=1S/C18H27NO5/c1-5-10-19(11-9-18(21)24-6-2)17(20)12-14-7-8-15(22-3)13-16(14)23-4/h7-8,13H,5-6,9-12H2,1-4H3. The van der Waals surface area contributed by atoms with Gasteiger partial charge in [0.2, 0.25) is 5.91 Å². The minimum atomic E-state index is -0.284. The molecule has 0 heterocycles. The van der Waals surface area contributed by atoms with Crippen LogP contribution in [-0.2, 0) is 20.7 Å². The molecule has 0 aliphatic rings. The molecule has 1 aromatic carbocycles. The zero-order chi connectivity index (χ0) is 17.9. The van der Waals surface area contributed by atoms with Crippen molar-refractivity contribution in [2.45, 2.75) is 33.1 Å². The maximum Gasteiger partial charge on any atom is 0.307 e. The summed E-state index contributed by atoms with van der Waals surface area (Å²) in [4.78, 5) is 25.8. The lowest BCUT2D eigenvalue weighted by atomic mass is 10.1. The van der Waals surface area contributed by atoms with Crippen molar-refractivity contribution in [2.75, 3.05) is 33.9 Å². The highest BCUT2D eigenvalue weighted by atomic mass is 16.5. The van der Waals surface area contributed by atoms with Crippen LogP contribution in [0.2, 0.25) is 0 Å². The third-order valence-corrected chi connectivity index (χ3v) is 3.57. The molecule has 24 heavy (non-hydrogen) atoms. The van der Waals surface area contributed by atoms with Crippen molar-refractivity contribution in [1.29, 1.82) is 0 Å². The molecule has 1 amide bonds. The molecule has 6 heteroatoms. The van der Waals surface area contributed by atoms with E-state index in [2.05, 4.69) is 0 Å². The lowest BCUT2D eigenvalue weighted by Crippen LogP contribution is -2.35. The van der Waals surface area contributed by atoms with E-state index in [0.29, 0.717) is 31.2 Å². The van der Waals surface area contributed by atoms with Gasteiger partial charge in [-0.05, 0) is 19.4 Å². The molecule has 0 fully saturated rings. The Morgan fingerprint density at radius 2 is 1.83 bits per heavy atom. The SMILES string of the molecule is CCCN(CCC(=O)OCC)C(=O)Cc1ccc(OC)cc1OC. The molecule has 0 saturated heterocycles. The van der Waals surface area contributed by atoms with Crippen LogP contribution in [0.4, 0.5) is 0 Å². The Kier molecular flexibility index (Phi) is 8.68. The molecule has 0 N–H and O–H groups in total. The first-order valence-corrected chi connectivity index (χ1v) is 8.19. The van der Waals surface area contributed by atoms with Crippen molar-refractivity contribution in [1.82, 2.24) is 4.90 Å². The fourth-order valence-electron chi connectivity index (χ4n) is 2.36. The number of carbonyl (C=O) groups is 2. The Hall–Kier alpha value is -2.24. The van der Waals surface area contributed by atoms with Gasteiger partial charge in [-0.25, -0.2) is 0 Å². The number of esters is 1. The van der Waals surface area contributed by atoms with E-state index in [1.165, 1.54) is 0 Å². The van der Waals surface area contributed by atoms with Gasteiger partial charge in [0.25, 0.3) is 0 Å². The highest BCUT2D eigenvalue weighted by molar-refractivity contribution is 5.80. The van der Waals surface area contributed by atoms with E-state index in [1.54, 1.807) is 38.2 Å². The summed E-state index contributed by atoms with van der Waals surface area (Å²) in [7, 11) is 3.14. The second-order valence-electron chi connectivity index (χ2n) is 5.29. The molecule has 0 unspecified atom stereocenters. The van der Waals surface area contributed by atoms with Gasteiger partial charge in [-0.15, -0.1) is 0 Å². The summed E-state index contributed by atoms with van der Waals surface area (Å²) in [6.07, 6.45) is 1.25. The number of hydrogen-bond acceptors (Lipinski definition) is 5. The van der Waals surface area contributed by atoms with Gasteiger partial charge in [0.05, 0.1) is 33.7 Å². The molecular formula is C18H27NO5. The number of ether oxygens (including phenoxy) is 3. The maximum atomic E-state index is 12.6. The molecule has 0 spiro atoms. The number of methoxy groups -OCH3 is 2. The molecule has 0 atom stereocenters. The van der Waals surface area contributed by atoms with Crippen molar-refractivity contribution < 1.29 is 23.8 Å². The normalized spacial score (nSPS) is 10.2. The number of amides is 1. The molecule has 0 saturated carbocycles. The fraction of sp³-hybridized carbons (Fsp3) is 0.556. The Balaban J connectivity index is 2.75. The van der Waals surface area contributed by atoms with E-state index in [-0.39, 0.29) is 24.7 Å². The van der Waals surface area contributed by atoms with Crippen molar-refractivity contribution in [2.24, 2.45) is 0 Å². The van der Waals surface area contributed by atoms with Crippen molar-refractivity contribution in [3.8, 4) is 11.5 Å². The lowest BCUT2D eigenvalue weighted by Gasteiger charge is -2.22. The highest BCUT2D eigenvalue weighted by Crippen LogP contribution is 2.25. The van der Waals surface area contributed by atoms with Crippen molar-refractivity contribution >= 4 is 11.9 Å². The van der Waals surface area contributed by atoms with Crippen LogP contribution >= 0.6 is 0 Å². The maximum absolute atomic E-state index is 12.6. The average Bonchev–Trinajstić information content (AvgIpc) is 2.59. The molecule has 0 aromatic heterocycles. The minimum absolute atomic E-state index is 0.0374. The van der Waals surface area contributed by atoms with E-state index < -0.39 is 0 Å². The minimum Gasteiger partial charge on any atom is -0.497 e. The summed E-state index contributed by atoms with van der Waals surface area (Å²) in [5.74, 6) is 0.971. The van der Waals surface area contributed by atoms with E-state index in [0.717, 1.165) is 12.0 Å². The smallest absolute Gasteiger partial charge is 0.307 e. The van der Waals surface area contributed by atoms with Crippen molar-refractivity contribution in [3.63, 3.8) is 0 Å². The highest BCUT2D eigenvalue weighted by Gasteiger charge is 2.17. The number of nitrogens with zero attached hydrogens (tertiary/aromatic N) is 1. The number of hydrogen-bond donors (Lipinski definition) is 0. The largest absolute Gasteiger partial charge is 0.497 e. The number of rotatable bonds is 10. The van der Waals surface area contributed by atoms with Crippen LogP contribution in [0.3, 0.4) is 0 Å². The third kappa shape index (κ3) is 6.10. The molecule has 1 aromatic rings. The van der Waals surface area contributed by atoms with Crippen LogP contribution in [0.15, 0.2) is 18.2 Å². The average molecular weight is 337 g/mol. The zero-order valence-corrected chi connectivity index (χ0v) is 15.0. The van der Waals surface area contributed by atoms with Gasteiger partial charge in [-0.1, -0.05) is 13.0 Å². The van der Waals surface area contributed by atoms with E-state index in [1.807, 2.05) is 13.0 Å². The van der Waals surface area contributed by atoms with Crippen LogP contribution in [-0.4, -0.2) is 50.7 Å². The first-order valence-electron chi connectivity index (χ1n) is 8.19. The van der Waals surface area contributed by atoms with Crippen LogP contribution in [0.5, 0.6) is 11.5 Å². The summed E-state index contributed by atoms with van der Waals surface area (Å²) in [5.41, 5.74) is 0.792. The van der Waals surface area contributed by atoms with Crippen LogP contribution < -0.4 is 9.47 Å². The lowest BCUT2D eigenvalue weighted by molar-refractivity contribution is -0.144. The summed E-state index contributed by atoms with van der Waals surface area (Å²) in [6, 6.07) is 5.38. The summed E-state index contributed by atoms with van der Waals surface area (Å²) >= 11 is 0. The molecule has 1 rings (SSSR count). The summed E-state index contributed by atoms with van der Waals surface area (Å²) in [6.45, 7) is 5.09. The van der Waals surface area contributed by atoms with E-state index in [9.17, 15) is 9.59 Å². The summed E-state index contributed by atoms with van der Waals surface area (Å²) < 4.78 is 15.4. The predicted octanol–water partition coefficient (Wildman–Crippen LogP) is 2.44. The van der Waals surface area contributed by atoms with Crippen LogP contribution in [0.1, 0.15) is 32.3 Å². The van der Waals surface area contributed by atoms with E-state index >= 15 is 0 Å². The van der Waals surface area contributed by atoms with Gasteiger partial charge in [-0.2, -0.15) is 0 Å². The molecular weight excluding hydrogens is 310 g/mol. The molecule has 0 radical (unpaired) electrons. The Morgan fingerprint density at radius 3 is 2.42 bits per heavy atom. The molecule has 6 nitrogen and oxygen atoms in total. The Bertz CT molecular complexity index is 544.